The number of ether oxygens (including phenoxy) is 1. The van der Waals surface area contributed by atoms with Gasteiger partial charge in [0.15, 0.2) is 0 Å². The van der Waals surface area contributed by atoms with Gasteiger partial charge in [0.2, 0.25) is 10.0 Å². The summed E-state index contributed by atoms with van der Waals surface area (Å²) in [6.07, 6.45) is -3.91. The zero-order valence-corrected chi connectivity index (χ0v) is 28.2. The number of fused-ring (bicyclic) bond motifs is 2. The van der Waals surface area contributed by atoms with Gasteiger partial charge in [-0.05, 0) is 54.0 Å². The van der Waals surface area contributed by atoms with Gasteiger partial charge < -0.3 is 9.84 Å². The number of carbonyl (C=O) groups is 1. The van der Waals surface area contributed by atoms with Crippen molar-refractivity contribution < 1.29 is 36.2 Å². The summed E-state index contributed by atoms with van der Waals surface area (Å²) in [6.45, 7) is -1.72. The number of rotatable bonds is 13. The van der Waals surface area contributed by atoms with Gasteiger partial charge in [-0.25, -0.2) is 8.42 Å². The Labute approximate surface area is 282 Å². The fraction of sp³-hybridized carbons (Fsp3) is 0.333. The van der Waals surface area contributed by atoms with E-state index in [0.29, 0.717) is 45.1 Å². The van der Waals surface area contributed by atoms with E-state index in [4.69, 9.17) is 21.6 Å². The molecule has 0 radical (unpaired) electrons. The second-order valence-electron chi connectivity index (χ2n) is 11.2. The Morgan fingerprint density at radius 1 is 1.00 bits per heavy atom. The van der Waals surface area contributed by atoms with Crippen LogP contribution in [0.3, 0.4) is 0 Å². The summed E-state index contributed by atoms with van der Waals surface area (Å²) in [6, 6.07) is 18.3. The van der Waals surface area contributed by atoms with Gasteiger partial charge >= 0.3 is 119 Å². The van der Waals surface area contributed by atoms with Gasteiger partial charge in [-0.15, -0.1) is 0 Å². The number of phenolic OH excluding ortho intramolecular Hbond substituents is 1. The molecule has 1 saturated heterocycles. The molecule has 0 aliphatic carbocycles. The molecule has 3 atom stereocenters. The topological polar surface area (TPSA) is 120 Å². The minimum absolute atomic E-state index is 0.0190. The molecule has 248 valence electrons. The van der Waals surface area contributed by atoms with Gasteiger partial charge in [-0.2, -0.15) is 13.2 Å². The van der Waals surface area contributed by atoms with E-state index < -0.39 is 40.2 Å². The van der Waals surface area contributed by atoms with Crippen molar-refractivity contribution in [3.63, 3.8) is 0 Å². The van der Waals surface area contributed by atoms with E-state index >= 15 is 0 Å². The zero-order chi connectivity index (χ0) is 33.8. The summed E-state index contributed by atoms with van der Waals surface area (Å²) in [4.78, 5) is 14.7. The first-order valence-corrected chi connectivity index (χ1v) is 18.8. The number of aromatic hydroxyl groups is 1. The number of benzene rings is 3. The number of sulfonamides is 1. The summed E-state index contributed by atoms with van der Waals surface area (Å²) >= 11 is 5.91. The number of hydrogen-bond acceptors (Lipinski definition) is 6. The number of halogens is 4. The molecule has 3 unspecified atom stereocenters. The molecule has 2 bridgehead atoms. The van der Waals surface area contributed by atoms with Crippen LogP contribution >= 0.6 is 11.6 Å². The third-order valence-corrected chi connectivity index (χ3v) is 11.7. The van der Waals surface area contributed by atoms with E-state index in [1.54, 1.807) is 36.4 Å². The van der Waals surface area contributed by atoms with Crippen LogP contribution in [-0.2, 0) is 19.6 Å². The molecule has 2 aliphatic heterocycles. The number of unbranched alkanes of at least 4 members (excludes halogenated alkanes) is 2. The number of amides is 1. The second kappa shape index (κ2) is 14.7. The molecule has 1 amide bonds. The van der Waals surface area contributed by atoms with Crippen molar-refractivity contribution in [1.82, 2.24) is 0 Å². The van der Waals surface area contributed by atoms with E-state index in [0.717, 1.165) is 18.2 Å². The van der Waals surface area contributed by atoms with Gasteiger partial charge in [-0.1, -0.05) is 23.7 Å². The van der Waals surface area contributed by atoms with Crippen LogP contribution in [0.15, 0.2) is 72.8 Å². The summed E-state index contributed by atoms with van der Waals surface area (Å²) in [5, 5.41) is 21.2. The summed E-state index contributed by atoms with van der Waals surface area (Å²) < 4.78 is 76.0. The average molecular weight is 753 g/mol. The molecule has 5 rings (SSSR count). The monoisotopic (exact) mass is 753 g/mol. The Morgan fingerprint density at radius 3 is 2.28 bits per heavy atom. The van der Waals surface area contributed by atoms with Crippen molar-refractivity contribution in [2.75, 3.05) is 16.2 Å². The van der Waals surface area contributed by atoms with E-state index in [1.165, 1.54) is 36.4 Å². The Balaban J connectivity index is 1.43. The first-order chi connectivity index (χ1) is 22.4. The van der Waals surface area contributed by atoms with E-state index in [-0.39, 0.29) is 43.7 Å². The molecule has 2 heterocycles. The molecule has 47 heavy (non-hydrogen) atoms. The summed E-state index contributed by atoms with van der Waals surface area (Å²) in [5.41, 5.74) is 2.84. The van der Waals surface area contributed by atoms with Gasteiger partial charge in [0.25, 0.3) is 0 Å². The molecule has 0 spiro atoms. The predicted molar refractivity (Wildman–Crippen MR) is 175 cm³/mol. The third-order valence-electron chi connectivity index (χ3n) is 7.99. The van der Waals surface area contributed by atoms with Crippen molar-refractivity contribution in [3.05, 3.63) is 88.9 Å². The SMILES string of the molecule is N#C[Se]CCCCCC(=O)Nc1ccc(C2=C(c3ccc(O)cc3)C3CC(S(=O)(=O)N(CC(F)(F)F)c4ccc(Cl)cc4)C2O3)cc1. The number of alkyl halides is 3. The fourth-order valence-corrected chi connectivity index (χ4v) is 8.95. The zero-order valence-electron chi connectivity index (χ0n) is 24.9. The van der Waals surface area contributed by atoms with Crippen molar-refractivity contribution in [2.24, 2.45) is 0 Å². The van der Waals surface area contributed by atoms with Crippen molar-refractivity contribution in [3.8, 4) is 10.7 Å². The van der Waals surface area contributed by atoms with Gasteiger partial charge in [0.05, 0.1) is 11.8 Å². The van der Waals surface area contributed by atoms with Crippen LogP contribution < -0.4 is 9.62 Å². The Bertz CT molecular complexity index is 1760. The Kier molecular flexibility index (Phi) is 10.9. The summed E-state index contributed by atoms with van der Waals surface area (Å²) in [5.74, 6) is -0.122. The van der Waals surface area contributed by atoms with Crippen molar-refractivity contribution >= 4 is 65.0 Å². The molecular formula is C33H31ClF3N3O5SSe. The molecule has 2 N–H and O–H groups in total. The van der Waals surface area contributed by atoms with Crippen LogP contribution in [0.25, 0.3) is 11.1 Å². The maximum atomic E-state index is 14.1. The maximum absolute atomic E-state index is 14.1. The fourth-order valence-electron chi connectivity index (χ4n) is 5.90. The third kappa shape index (κ3) is 8.31. The molecule has 8 nitrogen and oxygen atoms in total. The van der Waals surface area contributed by atoms with Crippen LogP contribution in [0.1, 0.15) is 43.2 Å². The molecule has 2 aliphatic rings. The number of nitrogens with zero attached hydrogens (tertiary/aromatic N) is 2. The molecule has 3 aromatic carbocycles. The first kappa shape index (κ1) is 34.8. The molecular weight excluding hydrogens is 722 g/mol. The number of anilines is 2. The minimum atomic E-state index is -4.82. The number of nitrogens with one attached hydrogen (secondary N) is 1. The van der Waals surface area contributed by atoms with Gasteiger partial charge in [0.1, 0.15) is 23.6 Å². The predicted octanol–water partition coefficient (Wildman–Crippen LogP) is 7.00. The second-order valence-corrected chi connectivity index (χ2v) is 15.6. The molecule has 0 saturated carbocycles. The standard InChI is InChI=1S/C33H31ClF3N3O5SSe/c34-23-9-13-25(14-10-23)40(19-33(35,36)37)46(43,44)28-18-27-30(21-7-15-26(41)16-8-21)31(32(28)45-27)22-5-11-24(12-6-22)39-29(42)4-2-1-3-17-47-20-38/h5-16,27-28,32,41H,1-4,17-19H2,(H,39,42). The Hall–Kier alpha value is -3.53. The van der Waals surface area contributed by atoms with Crippen molar-refractivity contribution in [2.45, 2.75) is 61.1 Å². The van der Waals surface area contributed by atoms with Crippen LogP contribution in [0.5, 0.6) is 5.75 Å². The summed E-state index contributed by atoms with van der Waals surface area (Å²) in [7, 11) is -4.63. The molecule has 1 fully saturated rings. The first-order valence-electron chi connectivity index (χ1n) is 14.8. The van der Waals surface area contributed by atoms with E-state index in [2.05, 4.69) is 10.3 Å². The normalized spacial score (nSPS) is 19.1. The number of hydrogen-bond donors (Lipinski definition) is 2. The number of carbonyl (C=O) groups excluding carboxylic acids is 1. The van der Waals surface area contributed by atoms with Crippen molar-refractivity contribution in [1.29, 1.82) is 5.26 Å². The van der Waals surface area contributed by atoms with Crippen LogP contribution in [0.2, 0.25) is 10.3 Å². The van der Waals surface area contributed by atoms with Crippen LogP contribution in [0, 0.1) is 10.2 Å². The van der Waals surface area contributed by atoms with E-state index in [1.807, 2.05) is 0 Å². The molecule has 3 aromatic rings. The number of phenols is 1. The molecule has 14 heteroatoms. The number of nitriles is 1. The average Bonchev–Trinajstić information content (AvgIpc) is 3.63. The van der Waals surface area contributed by atoms with E-state index in [9.17, 15) is 31.5 Å². The molecule has 0 aromatic heterocycles. The van der Waals surface area contributed by atoms with Crippen LogP contribution in [0.4, 0.5) is 24.5 Å². The quantitative estimate of drug-likeness (QED) is 0.144. The van der Waals surface area contributed by atoms with Gasteiger partial charge in [0, 0.05) is 5.02 Å². The Morgan fingerprint density at radius 2 is 1.64 bits per heavy atom. The van der Waals surface area contributed by atoms with Crippen LogP contribution in [-0.4, -0.2) is 64.6 Å². The van der Waals surface area contributed by atoms with Gasteiger partial charge in [-0.3, -0.25) is 4.31 Å².